The molecule has 0 aliphatic rings. The Bertz CT molecular complexity index is 937. The summed E-state index contributed by atoms with van der Waals surface area (Å²) >= 11 is 0.822. The molecule has 3 rings (SSSR count). The highest BCUT2D eigenvalue weighted by Crippen LogP contribution is 2.30. The van der Waals surface area contributed by atoms with Gasteiger partial charge in [-0.05, 0) is 59.8 Å². The summed E-state index contributed by atoms with van der Waals surface area (Å²) in [6, 6.07) is 12.5. The molecular weight excluding hydrogens is 359 g/mol. The van der Waals surface area contributed by atoms with Gasteiger partial charge >= 0.3 is 5.97 Å². The number of carbonyl (C=O) groups is 1. The van der Waals surface area contributed by atoms with E-state index in [9.17, 15) is 14.3 Å². The molecule has 0 amide bonds. The third-order valence-electron chi connectivity index (χ3n) is 3.32. The van der Waals surface area contributed by atoms with Crippen LogP contribution in [0.25, 0.3) is 17.5 Å². The second kappa shape index (κ2) is 7.83. The molecule has 1 N–H and O–H groups in total. The molecule has 26 heavy (non-hydrogen) atoms. The van der Waals surface area contributed by atoms with Gasteiger partial charge in [-0.25, -0.2) is 9.18 Å². The molecular formula is C18H13FN2O4S. The number of hydrogen-bond donors (Lipinski definition) is 1. The lowest BCUT2D eigenvalue weighted by atomic mass is 10.2. The zero-order valence-electron chi connectivity index (χ0n) is 13.5. The Hall–Kier alpha value is -3.13. The van der Waals surface area contributed by atoms with Gasteiger partial charge in [0.2, 0.25) is 5.89 Å². The topological polar surface area (TPSA) is 85.5 Å². The molecule has 1 aromatic heterocycles. The van der Waals surface area contributed by atoms with E-state index < -0.39 is 11.8 Å². The minimum absolute atomic E-state index is 0.0264. The quantitative estimate of drug-likeness (QED) is 0.515. The number of hydrogen-bond acceptors (Lipinski definition) is 6. The van der Waals surface area contributed by atoms with Crippen LogP contribution < -0.4 is 4.74 Å². The van der Waals surface area contributed by atoms with Gasteiger partial charge in [-0.2, -0.15) is 0 Å². The minimum atomic E-state index is -1.15. The molecule has 0 spiro atoms. The number of benzene rings is 2. The van der Waals surface area contributed by atoms with E-state index in [0.29, 0.717) is 16.9 Å². The number of aromatic nitrogens is 2. The highest BCUT2D eigenvalue weighted by atomic mass is 32.2. The highest BCUT2D eigenvalue weighted by Gasteiger charge is 2.16. The van der Waals surface area contributed by atoms with Crippen LogP contribution in [0.1, 0.15) is 5.56 Å². The van der Waals surface area contributed by atoms with E-state index in [0.717, 1.165) is 11.8 Å². The van der Waals surface area contributed by atoms with E-state index in [4.69, 9.17) is 9.15 Å². The Balaban J connectivity index is 1.80. The fourth-order valence-corrected chi connectivity index (χ4v) is 2.71. The number of rotatable bonds is 6. The summed E-state index contributed by atoms with van der Waals surface area (Å²) in [5.41, 5.74) is 1.23. The summed E-state index contributed by atoms with van der Waals surface area (Å²) in [5, 5.41) is 17.2. The second-order valence-electron chi connectivity index (χ2n) is 5.07. The molecule has 0 aliphatic heterocycles. The average Bonchev–Trinajstić information content (AvgIpc) is 3.11. The first kappa shape index (κ1) is 17.7. The summed E-state index contributed by atoms with van der Waals surface area (Å²) in [5.74, 6) is -0.587. The Morgan fingerprint density at radius 3 is 2.46 bits per heavy atom. The van der Waals surface area contributed by atoms with Crippen molar-refractivity contribution in [3.8, 4) is 17.2 Å². The summed E-state index contributed by atoms with van der Waals surface area (Å²) < 4.78 is 23.6. The average molecular weight is 372 g/mol. The number of aliphatic carboxylic acids is 1. The van der Waals surface area contributed by atoms with Crippen molar-refractivity contribution in [1.29, 1.82) is 0 Å². The van der Waals surface area contributed by atoms with Crippen LogP contribution in [0.2, 0.25) is 0 Å². The van der Waals surface area contributed by atoms with Crippen LogP contribution in [0.15, 0.2) is 63.1 Å². The Kier molecular flexibility index (Phi) is 5.33. The zero-order valence-corrected chi connectivity index (χ0v) is 14.4. The molecule has 0 radical (unpaired) electrons. The zero-order chi connectivity index (χ0) is 18.5. The molecule has 1 heterocycles. The van der Waals surface area contributed by atoms with Gasteiger partial charge in [0.15, 0.2) is 0 Å². The van der Waals surface area contributed by atoms with Crippen molar-refractivity contribution in [1.82, 2.24) is 10.2 Å². The number of ether oxygens (including phenoxy) is 1. The summed E-state index contributed by atoms with van der Waals surface area (Å²) in [4.78, 5) is 11.4. The van der Waals surface area contributed by atoms with Gasteiger partial charge in [0, 0.05) is 5.56 Å². The van der Waals surface area contributed by atoms with Crippen LogP contribution in [0.3, 0.4) is 0 Å². The monoisotopic (exact) mass is 372 g/mol. The van der Waals surface area contributed by atoms with Crippen LogP contribution in [0.5, 0.6) is 5.75 Å². The fraction of sp³-hybridized carbons (Fsp3) is 0.0556. The number of carboxylic acids is 1. The molecule has 0 unspecified atom stereocenters. The third kappa shape index (κ3) is 4.28. The van der Waals surface area contributed by atoms with Gasteiger partial charge in [-0.3, -0.25) is 0 Å². The van der Waals surface area contributed by atoms with Crippen molar-refractivity contribution in [2.24, 2.45) is 0 Å². The van der Waals surface area contributed by atoms with E-state index in [1.807, 2.05) is 0 Å². The van der Waals surface area contributed by atoms with Gasteiger partial charge < -0.3 is 14.3 Å². The number of thioether (sulfide) groups is 1. The summed E-state index contributed by atoms with van der Waals surface area (Å²) in [7, 11) is 1.57. The van der Waals surface area contributed by atoms with Crippen LogP contribution in [-0.4, -0.2) is 28.4 Å². The first-order chi connectivity index (χ1) is 12.5. The van der Waals surface area contributed by atoms with Crippen molar-refractivity contribution in [2.45, 2.75) is 5.22 Å². The molecule has 8 heteroatoms. The molecule has 6 nitrogen and oxygen atoms in total. The van der Waals surface area contributed by atoms with E-state index in [1.165, 1.54) is 30.3 Å². The van der Waals surface area contributed by atoms with Crippen molar-refractivity contribution in [3.63, 3.8) is 0 Å². The normalized spacial score (nSPS) is 11.4. The molecule has 2 aromatic carbocycles. The Morgan fingerprint density at radius 2 is 1.85 bits per heavy atom. The van der Waals surface area contributed by atoms with Gasteiger partial charge in [-0.1, -0.05) is 12.1 Å². The molecule has 132 valence electrons. The van der Waals surface area contributed by atoms with Gasteiger partial charge in [-0.15, -0.1) is 10.2 Å². The standard InChI is InChI=1S/C18H13FN2O4S/c1-24-14-8-4-12(5-9-14)16-20-21-18(25-16)26-15(17(22)23)10-11-2-6-13(19)7-3-11/h2-10H,1H3,(H,22,23)/b15-10+. The largest absolute Gasteiger partial charge is 0.497 e. The molecule has 0 saturated heterocycles. The lowest BCUT2D eigenvalue weighted by molar-refractivity contribution is -0.131. The first-order valence-electron chi connectivity index (χ1n) is 7.41. The second-order valence-corrected chi connectivity index (χ2v) is 6.06. The Labute approximate surface area is 152 Å². The SMILES string of the molecule is COc1ccc(-c2nnc(S/C(=C/c3ccc(F)cc3)C(=O)O)o2)cc1. The maximum absolute atomic E-state index is 13.0. The Morgan fingerprint density at radius 1 is 1.15 bits per heavy atom. The van der Waals surface area contributed by atoms with Crippen LogP contribution >= 0.6 is 11.8 Å². The van der Waals surface area contributed by atoms with Gasteiger partial charge in [0.25, 0.3) is 5.22 Å². The smallest absolute Gasteiger partial charge is 0.342 e. The predicted octanol–water partition coefficient (Wildman–Crippen LogP) is 4.10. The molecule has 0 bridgehead atoms. The highest BCUT2D eigenvalue weighted by molar-refractivity contribution is 8.03. The lowest BCUT2D eigenvalue weighted by Crippen LogP contribution is -1.96. The van der Waals surface area contributed by atoms with Crippen LogP contribution in [-0.2, 0) is 4.79 Å². The number of halogens is 1. The van der Waals surface area contributed by atoms with Crippen molar-refractivity contribution < 1.29 is 23.4 Å². The van der Waals surface area contributed by atoms with Crippen molar-refractivity contribution >= 4 is 23.8 Å². The summed E-state index contributed by atoms with van der Waals surface area (Å²) in [6.07, 6.45) is 1.41. The molecule has 0 saturated carbocycles. The van der Waals surface area contributed by atoms with Gasteiger partial charge in [0.1, 0.15) is 16.5 Å². The van der Waals surface area contributed by atoms with Crippen molar-refractivity contribution in [3.05, 3.63) is 64.8 Å². The van der Waals surface area contributed by atoms with Crippen LogP contribution in [0.4, 0.5) is 4.39 Å². The molecule has 0 aliphatic carbocycles. The molecule has 0 atom stereocenters. The number of carboxylic acid groups (broad SMARTS) is 1. The molecule has 3 aromatic rings. The number of nitrogens with zero attached hydrogens (tertiary/aromatic N) is 2. The van der Waals surface area contributed by atoms with E-state index in [1.54, 1.807) is 31.4 Å². The lowest BCUT2D eigenvalue weighted by Gasteiger charge is -2.00. The predicted molar refractivity (Wildman–Crippen MR) is 94.2 cm³/mol. The van der Waals surface area contributed by atoms with E-state index >= 15 is 0 Å². The van der Waals surface area contributed by atoms with E-state index in [2.05, 4.69) is 10.2 Å². The third-order valence-corrected chi connectivity index (χ3v) is 4.17. The van der Waals surface area contributed by atoms with Crippen LogP contribution in [0, 0.1) is 5.82 Å². The fourth-order valence-electron chi connectivity index (χ4n) is 2.04. The number of methoxy groups -OCH3 is 1. The summed E-state index contributed by atoms with van der Waals surface area (Å²) in [6.45, 7) is 0. The van der Waals surface area contributed by atoms with Crippen molar-refractivity contribution in [2.75, 3.05) is 7.11 Å². The van der Waals surface area contributed by atoms with Gasteiger partial charge in [0.05, 0.1) is 7.11 Å². The van der Waals surface area contributed by atoms with E-state index in [-0.39, 0.29) is 16.0 Å². The minimum Gasteiger partial charge on any atom is -0.497 e. The maximum atomic E-state index is 13.0. The first-order valence-corrected chi connectivity index (χ1v) is 8.23. The molecule has 0 fully saturated rings. The maximum Gasteiger partial charge on any atom is 0.342 e.